The van der Waals surface area contributed by atoms with E-state index in [0.717, 1.165) is 0 Å². The second-order valence-electron chi connectivity index (χ2n) is 4.95. The van der Waals surface area contributed by atoms with Crippen LogP contribution in [0.25, 0.3) is 0 Å². The average molecular weight is 339 g/mol. The molecule has 1 aromatic rings. The van der Waals surface area contributed by atoms with E-state index >= 15 is 0 Å². The number of hydrogen-bond acceptors (Lipinski definition) is 6. The molecule has 0 aromatic heterocycles. The van der Waals surface area contributed by atoms with Crippen molar-refractivity contribution >= 4 is 11.9 Å². The number of ketones is 1. The normalized spacial score (nSPS) is 10.4. The summed E-state index contributed by atoms with van der Waals surface area (Å²) in [6.45, 7) is 4.17. The average Bonchev–Trinajstić information content (AvgIpc) is 2.56. The van der Waals surface area contributed by atoms with Crippen molar-refractivity contribution < 1.29 is 28.9 Å². The summed E-state index contributed by atoms with van der Waals surface area (Å²) >= 11 is 0. The summed E-state index contributed by atoms with van der Waals surface area (Å²) in [5.74, 6) is 0.0717. The third-order valence-electron chi connectivity index (χ3n) is 3.02. The Bertz CT molecular complexity index is 506. The molecule has 134 valence electrons. The van der Waals surface area contributed by atoms with Gasteiger partial charge < -0.3 is 24.6 Å². The fraction of sp³-hybridized carbons (Fsp3) is 0.529. The van der Waals surface area contributed by atoms with Crippen LogP contribution in [0.2, 0.25) is 0 Å². The molecular weight excluding hydrogens is 314 g/mol. The van der Waals surface area contributed by atoms with Crippen molar-refractivity contribution in [3.63, 3.8) is 0 Å². The van der Waals surface area contributed by atoms with Gasteiger partial charge in [-0.3, -0.25) is 4.79 Å². The number of amides is 1. The van der Waals surface area contributed by atoms with Crippen LogP contribution in [0.3, 0.4) is 0 Å². The number of Topliss-reactive ketones (excluding diaryl/α,β-unsaturated/α-hetero) is 1. The van der Waals surface area contributed by atoms with Crippen molar-refractivity contribution in [3.05, 3.63) is 29.8 Å². The maximum absolute atomic E-state index is 11.9. The van der Waals surface area contributed by atoms with Crippen LogP contribution in [0.15, 0.2) is 24.3 Å². The second kappa shape index (κ2) is 12.3. The van der Waals surface area contributed by atoms with Crippen molar-refractivity contribution in [2.45, 2.75) is 19.8 Å². The predicted octanol–water partition coefficient (Wildman–Crippen LogP) is 2.13. The number of alkyl carbamates (subject to hydrolysis) is 1. The van der Waals surface area contributed by atoms with Gasteiger partial charge in [0.2, 0.25) is 0 Å². The Morgan fingerprint density at radius 3 is 2.58 bits per heavy atom. The van der Waals surface area contributed by atoms with Gasteiger partial charge in [-0.15, -0.1) is 0 Å². The highest BCUT2D eigenvalue weighted by Crippen LogP contribution is 2.13. The minimum absolute atomic E-state index is 0.0178. The molecule has 0 saturated heterocycles. The molecule has 0 heterocycles. The zero-order valence-corrected chi connectivity index (χ0v) is 14.0. The van der Waals surface area contributed by atoms with E-state index in [9.17, 15) is 14.7 Å². The van der Waals surface area contributed by atoms with Crippen LogP contribution in [-0.4, -0.2) is 56.6 Å². The Kier molecular flexibility index (Phi) is 10.2. The minimum Gasteiger partial charge on any atom is -0.508 e. The molecule has 0 fully saturated rings. The van der Waals surface area contributed by atoms with Crippen LogP contribution >= 0.6 is 0 Å². The standard InChI is InChI=1S/C17H25NO6/c1-2-24-17(21)18-8-10-23-12-11-22-9-4-7-16(20)14-5-3-6-15(19)13-14/h3,5-6,13,19H,2,4,7-12H2,1H3,(H,18,21). The first-order chi connectivity index (χ1) is 11.6. The number of aromatic hydroxyl groups is 1. The zero-order chi connectivity index (χ0) is 17.6. The Labute approximate surface area is 141 Å². The quantitative estimate of drug-likeness (QED) is 0.447. The Hall–Kier alpha value is -2.12. The van der Waals surface area contributed by atoms with Crippen LogP contribution < -0.4 is 5.32 Å². The highest BCUT2D eigenvalue weighted by atomic mass is 16.5. The zero-order valence-electron chi connectivity index (χ0n) is 14.0. The number of nitrogens with one attached hydrogen (secondary N) is 1. The van der Waals surface area contributed by atoms with E-state index < -0.39 is 6.09 Å². The third-order valence-corrected chi connectivity index (χ3v) is 3.02. The van der Waals surface area contributed by atoms with Gasteiger partial charge in [0.05, 0.1) is 26.4 Å². The molecule has 0 radical (unpaired) electrons. The molecule has 24 heavy (non-hydrogen) atoms. The van der Waals surface area contributed by atoms with Crippen molar-refractivity contribution in [1.82, 2.24) is 5.32 Å². The van der Waals surface area contributed by atoms with Crippen LogP contribution in [0, 0.1) is 0 Å². The minimum atomic E-state index is -0.450. The number of ether oxygens (including phenoxy) is 3. The fourth-order valence-electron chi connectivity index (χ4n) is 1.89. The van der Waals surface area contributed by atoms with Gasteiger partial charge in [-0.25, -0.2) is 4.79 Å². The van der Waals surface area contributed by atoms with Gasteiger partial charge in [0.1, 0.15) is 5.75 Å². The SMILES string of the molecule is CCOC(=O)NCCOCCOCCCC(=O)c1cccc(O)c1. The van der Waals surface area contributed by atoms with Gasteiger partial charge in [-0.2, -0.15) is 0 Å². The molecule has 1 rings (SSSR count). The molecule has 7 nitrogen and oxygen atoms in total. The van der Waals surface area contributed by atoms with Crippen LogP contribution in [-0.2, 0) is 14.2 Å². The molecule has 1 aromatic carbocycles. The number of phenolic OH excluding ortho intramolecular Hbond substituents is 1. The molecule has 0 bridgehead atoms. The molecule has 0 saturated carbocycles. The Morgan fingerprint density at radius 2 is 1.88 bits per heavy atom. The van der Waals surface area contributed by atoms with Crippen molar-refractivity contribution in [3.8, 4) is 5.75 Å². The number of rotatable bonds is 12. The first kappa shape index (κ1) is 19.9. The van der Waals surface area contributed by atoms with Gasteiger partial charge >= 0.3 is 6.09 Å². The van der Waals surface area contributed by atoms with E-state index in [2.05, 4.69) is 5.32 Å². The van der Waals surface area contributed by atoms with Crippen molar-refractivity contribution in [2.24, 2.45) is 0 Å². The number of phenols is 1. The fourth-order valence-corrected chi connectivity index (χ4v) is 1.89. The molecule has 0 aliphatic heterocycles. The summed E-state index contributed by atoms with van der Waals surface area (Å²) in [6.07, 6.45) is 0.529. The molecule has 1 amide bonds. The molecule has 7 heteroatoms. The number of hydrogen-bond donors (Lipinski definition) is 2. The van der Waals surface area contributed by atoms with Gasteiger partial charge in [0, 0.05) is 25.1 Å². The number of carbonyl (C=O) groups excluding carboxylic acids is 2. The lowest BCUT2D eigenvalue weighted by molar-refractivity contribution is 0.0466. The van der Waals surface area contributed by atoms with E-state index in [-0.39, 0.29) is 11.5 Å². The van der Waals surface area contributed by atoms with E-state index in [1.807, 2.05) is 0 Å². The summed E-state index contributed by atoms with van der Waals surface area (Å²) in [4.78, 5) is 22.8. The Balaban J connectivity index is 1.94. The van der Waals surface area contributed by atoms with Gasteiger partial charge in [-0.05, 0) is 25.5 Å². The molecule has 0 atom stereocenters. The van der Waals surface area contributed by atoms with Gasteiger partial charge in [0.25, 0.3) is 0 Å². The van der Waals surface area contributed by atoms with Crippen LogP contribution in [0.5, 0.6) is 5.75 Å². The lowest BCUT2D eigenvalue weighted by atomic mass is 10.1. The van der Waals surface area contributed by atoms with E-state index in [1.54, 1.807) is 19.1 Å². The lowest BCUT2D eigenvalue weighted by Gasteiger charge is -2.07. The van der Waals surface area contributed by atoms with Gasteiger partial charge in [-0.1, -0.05) is 12.1 Å². The molecule has 0 spiro atoms. The highest BCUT2D eigenvalue weighted by molar-refractivity contribution is 5.96. The third kappa shape index (κ3) is 9.12. The van der Waals surface area contributed by atoms with Crippen molar-refractivity contribution in [1.29, 1.82) is 0 Å². The molecular formula is C17H25NO6. The largest absolute Gasteiger partial charge is 0.508 e. The lowest BCUT2D eigenvalue weighted by Crippen LogP contribution is -2.28. The summed E-state index contributed by atoms with van der Waals surface area (Å²) < 4.78 is 15.4. The second-order valence-corrected chi connectivity index (χ2v) is 4.95. The molecule has 0 aliphatic carbocycles. The smallest absolute Gasteiger partial charge is 0.407 e. The monoisotopic (exact) mass is 339 g/mol. The maximum atomic E-state index is 11.9. The van der Waals surface area contributed by atoms with E-state index in [1.165, 1.54) is 12.1 Å². The van der Waals surface area contributed by atoms with E-state index in [0.29, 0.717) is 58.0 Å². The topological polar surface area (TPSA) is 94.1 Å². The summed E-state index contributed by atoms with van der Waals surface area (Å²) in [5.41, 5.74) is 0.507. The molecule has 0 aliphatic rings. The first-order valence-corrected chi connectivity index (χ1v) is 8.01. The Morgan fingerprint density at radius 1 is 1.12 bits per heavy atom. The highest BCUT2D eigenvalue weighted by Gasteiger charge is 2.06. The molecule has 0 unspecified atom stereocenters. The van der Waals surface area contributed by atoms with Crippen molar-refractivity contribution in [2.75, 3.05) is 39.6 Å². The molecule has 2 N–H and O–H groups in total. The van der Waals surface area contributed by atoms with E-state index in [4.69, 9.17) is 14.2 Å². The number of carbonyl (C=O) groups is 2. The van der Waals surface area contributed by atoms with Crippen LogP contribution in [0.4, 0.5) is 4.79 Å². The van der Waals surface area contributed by atoms with Gasteiger partial charge in [0.15, 0.2) is 5.78 Å². The summed E-state index contributed by atoms with van der Waals surface area (Å²) in [7, 11) is 0. The summed E-state index contributed by atoms with van der Waals surface area (Å²) in [5, 5.41) is 11.9. The maximum Gasteiger partial charge on any atom is 0.407 e. The van der Waals surface area contributed by atoms with Crippen LogP contribution in [0.1, 0.15) is 30.1 Å². The number of benzene rings is 1. The predicted molar refractivity (Wildman–Crippen MR) is 88.3 cm³/mol. The summed E-state index contributed by atoms with van der Waals surface area (Å²) in [6, 6.07) is 6.32. The first-order valence-electron chi connectivity index (χ1n) is 8.01.